The predicted octanol–water partition coefficient (Wildman–Crippen LogP) is 2.08. The largest absolute Gasteiger partial charge is 0.490 e. The van der Waals surface area contributed by atoms with E-state index in [1.807, 2.05) is 13.0 Å². The summed E-state index contributed by atoms with van der Waals surface area (Å²) in [6.45, 7) is 2.18. The Morgan fingerprint density at radius 2 is 2.17 bits per heavy atom. The fourth-order valence-electron chi connectivity index (χ4n) is 1.94. The fraction of sp³-hybridized carbons (Fsp3) is 0.500. The maximum Gasteiger partial charge on any atom is 0.337 e. The van der Waals surface area contributed by atoms with Gasteiger partial charge in [0.2, 0.25) is 0 Å². The van der Waals surface area contributed by atoms with Crippen molar-refractivity contribution in [1.82, 2.24) is 0 Å². The number of ether oxygens (including phenoxy) is 2. The lowest BCUT2D eigenvalue weighted by molar-refractivity contribution is -0.0664. The molecule has 0 aliphatic heterocycles. The molecule has 98 valence electrons. The number of esters is 1. The quantitative estimate of drug-likeness (QED) is 0.831. The van der Waals surface area contributed by atoms with E-state index in [0.717, 1.165) is 24.8 Å². The van der Waals surface area contributed by atoms with Crippen molar-refractivity contribution < 1.29 is 19.4 Å². The predicted molar refractivity (Wildman–Crippen MR) is 66.8 cm³/mol. The van der Waals surface area contributed by atoms with Gasteiger partial charge in [0.25, 0.3) is 0 Å². The van der Waals surface area contributed by atoms with E-state index in [4.69, 9.17) is 4.74 Å². The Labute approximate surface area is 107 Å². The highest BCUT2D eigenvalue weighted by atomic mass is 16.5. The van der Waals surface area contributed by atoms with E-state index in [0.29, 0.717) is 11.3 Å². The van der Waals surface area contributed by atoms with E-state index in [1.54, 1.807) is 12.1 Å². The van der Waals surface area contributed by atoms with Crippen molar-refractivity contribution in [3.05, 3.63) is 29.3 Å². The van der Waals surface area contributed by atoms with Crippen molar-refractivity contribution in [2.45, 2.75) is 31.8 Å². The van der Waals surface area contributed by atoms with Gasteiger partial charge in [-0.05, 0) is 43.9 Å². The molecule has 1 aromatic carbocycles. The van der Waals surface area contributed by atoms with Gasteiger partial charge >= 0.3 is 5.97 Å². The van der Waals surface area contributed by atoms with Crippen LogP contribution in [0, 0.1) is 6.92 Å². The van der Waals surface area contributed by atoms with Crippen LogP contribution in [-0.4, -0.2) is 30.4 Å². The summed E-state index contributed by atoms with van der Waals surface area (Å²) in [7, 11) is 1.35. The van der Waals surface area contributed by atoms with Crippen molar-refractivity contribution in [3.8, 4) is 5.75 Å². The van der Waals surface area contributed by atoms with E-state index >= 15 is 0 Å². The van der Waals surface area contributed by atoms with Crippen molar-refractivity contribution in [2.24, 2.45) is 0 Å². The molecule has 18 heavy (non-hydrogen) atoms. The Bertz CT molecular complexity index is 449. The Hall–Kier alpha value is -1.55. The highest BCUT2D eigenvalue weighted by Gasteiger charge is 2.35. The van der Waals surface area contributed by atoms with Gasteiger partial charge in [0.05, 0.1) is 18.3 Å². The lowest BCUT2D eigenvalue weighted by atomic mass is 9.81. The monoisotopic (exact) mass is 250 g/mol. The van der Waals surface area contributed by atoms with E-state index < -0.39 is 5.60 Å². The maximum atomic E-state index is 11.4. The summed E-state index contributed by atoms with van der Waals surface area (Å²) >= 11 is 0. The van der Waals surface area contributed by atoms with Crippen molar-refractivity contribution in [2.75, 3.05) is 13.7 Å². The number of benzene rings is 1. The molecule has 1 aromatic rings. The summed E-state index contributed by atoms with van der Waals surface area (Å²) in [6.07, 6.45) is 2.60. The average Bonchev–Trinajstić information content (AvgIpc) is 2.34. The van der Waals surface area contributed by atoms with Gasteiger partial charge in [-0.2, -0.15) is 0 Å². The number of aliphatic hydroxyl groups is 1. The summed E-state index contributed by atoms with van der Waals surface area (Å²) in [5, 5.41) is 9.97. The lowest BCUT2D eigenvalue weighted by Gasteiger charge is -2.36. The number of carbonyl (C=O) groups excluding carboxylic acids is 1. The van der Waals surface area contributed by atoms with Gasteiger partial charge in [0.1, 0.15) is 12.4 Å². The van der Waals surface area contributed by atoms with Gasteiger partial charge in [-0.25, -0.2) is 4.79 Å². The van der Waals surface area contributed by atoms with Crippen LogP contribution in [0.1, 0.15) is 35.2 Å². The molecule has 1 N–H and O–H groups in total. The molecule has 0 amide bonds. The molecule has 1 saturated carbocycles. The molecule has 0 bridgehead atoms. The fourth-order valence-corrected chi connectivity index (χ4v) is 1.94. The van der Waals surface area contributed by atoms with Crippen molar-refractivity contribution in [3.63, 3.8) is 0 Å². The summed E-state index contributed by atoms with van der Waals surface area (Å²) in [6, 6.07) is 5.17. The highest BCUT2D eigenvalue weighted by molar-refractivity contribution is 5.89. The second-order valence-corrected chi connectivity index (χ2v) is 4.84. The number of aryl methyl sites for hydroxylation is 1. The van der Waals surface area contributed by atoms with E-state index in [-0.39, 0.29) is 12.6 Å². The summed E-state index contributed by atoms with van der Waals surface area (Å²) in [4.78, 5) is 11.4. The molecule has 0 aromatic heterocycles. The molecule has 0 unspecified atom stereocenters. The zero-order valence-electron chi connectivity index (χ0n) is 10.7. The lowest BCUT2D eigenvalue weighted by Crippen LogP contribution is -2.42. The van der Waals surface area contributed by atoms with Crippen molar-refractivity contribution >= 4 is 5.97 Å². The van der Waals surface area contributed by atoms with Gasteiger partial charge < -0.3 is 14.6 Å². The third-order valence-corrected chi connectivity index (χ3v) is 3.39. The molecule has 0 spiro atoms. The zero-order valence-corrected chi connectivity index (χ0v) is 10.7. The van der Waals surface area contributed by atoms with Crippen LogP contribution in [0.5, 0.6) is 5.75 Å². The highest BCUT2D eigenvalue weighted by Crippen LogP contribution is 2.32. The minimum atomic E-state index is -0.687. The molecule has 0 heterocycles. The normalized spacial score (nSPS) is 16.8. The first-order chi connectivity index (χ1) is 8.54. The molecule has 0 atom stereocenters. The summed E-state index contributed by atoms with van der Waals surface area (Å²) < 4.78 is 10.3. The summed E-state index contributed by atoms with van der Waals surface area (Å²) in [5.74, 6) is 0.237. The number of carbonyl (C=O) groups is 1. The number of hydrogen-bond acceptors (Lipinski definition) is 4. The number of hydrogen-bond donors (Lipinski definition) is 1. The van der Waals surface area contributed by atoms with Gasteiger partial charge in [0.15, 0.2) is 0 Å². The minimum absolute atomic E-state index is 0.276. The van der Waals surface area contributed by atoms with Crippen LogP contribution < -0.4 is 4.74 Å². The first-order valence-electron chi connectivity index (χ1n) is 6.08. The molecule has 1 aliphatic carbocycles. The molecule has 1 aliphatic rings. The standard InChI is InChI=1S/C14H18O4/c1-10-4-5-11(13(15)17-2)8-12(10)18-9-14(16)6-3-7-14/h4-5,8,16H,3,6-7,9H2,1-2H3. The zero-order chi connectivity index (χ0) is 13.2. The van der Waals surface area contributed by atoms with E-state index in [2.05, 4.69) is 4.74 Å². The van der Waals surface area contributed by atoms with Gasteiger partial charge in [-0.3, -0.25) is 0 Å². The number of rotatable bonds is 4. The minimum Gasteiger partial charge on any atom is -0.490 e. The first kappa shape index (κ1) is 12.9. The van der Waals surface area contributed by atoms with E-state index in [9.17, 15) is 9.90 Å². The third-order valence-electron chi connectivity index (χ3n) is 3.39. The second kappa shape index (κ2) is 4.98. The Morgan fingerprint density at radius 3 is 2.72 bits per heavy atom. The molecule has 0 radical (unpaired) electrons. The Kier molecular flexibility index (Phi) is 3.57. The van der Waals surface area contributed by atoms with Gasteiger partial charge in [-0.1, -0.05) is 6.07 Å². The SMILES string of the molecule is COC(=O)c1ccc(C)c(OCC2(O)CCC2)c1. The molecule has 1 fully saturated rings. The Balaban J connectivity index is 2.08. The van der Waals surface area contributed by atoms with E-state index in [1.165, 1.54) is 7.11 Å². The first-order valence-corrected chi connectivity index (χ1v) is 6.08. The van der Waals surface area contributed by atoms with Crippen LogP contribution in [0.25, 0.3) is 0 Å². The molecule has 2 rings (SSSR count). The van der Waals surface area contributed by atoms with Crippen LogP contribution in [0.2, 0.25) is 0 Å². The number of methoxy groups -OCH3 is 1. The second-order valence-electron chi connectivity index (χ2n) is 4.84. The van der Waals surface area contributed by atoms with Crippen LogP contribution in [0.4, 0.5) is 0 Å². The summed E-state index contributed by atoms with van der Waals surface area (Å²) in [5.41, 5.74) is 0.706. The maximum absolute atomic E-state index is 11.4. The molecule has 0 saturated heterocycles. The topological polar surface area (TPSA) is 55.8 Å². The average molecular weight is 250 g/mol. The van der Waals surface area contributed by atoms with Crippen LogP contribution in [0.3, 0.4) is 0 Å². The van der Waals surface area contributed by atoms with Gasteiger partial charge in [0, 0.05) is 0 Å². The smallest absolute Gasteiger partial charge is 0.337 e. The van der Waals surface area contributed by atoms with Gasteiger partial charge in [-0.15, -0.1) is 0 Å². The molecule has 4 nitrogen and oxygen atoms in total. The van der Waals surface area contributed by atoms with Crippen LogP contribution >= 0.6 is 0 Å². The Morgan fingerprint density at radius 1 is 1.44 bits per heavy atom. The van der Waals surface area contributed by atoms with Crippen LogP contribution in [-0.2, 0) is 4.74 Å². The molecular weight excluding hydrogens is 232 g/mol. The van der Waals surface area contributed by atoms with Crippen molar-refractivity contribution in [1.29, 1.82) is 0 Å². The molecular formula is C14H18O4. The third kappa shape index (κ3) is 2.64. The van der Waals surface area contributed by atoms with Crippen LogP contribution in [0.15, 0.2) is 18.2 Å². The molecule has 4 heteroatoms.